The average Bonchev–Trinajstić information content (AvgIpc) is 3.06. The molecule has 6 nitrogen and oxygen atoms in total. The maximum absolute atomic E-state index is 12.1. The van der Waals surface area contributed by atoms with Gasteiger partial charge in [0.2, 0.25) is 0 Å². The van der Waals surface area contributed by atoms with Gasteiger partial charge >= 0.3 is 0 Å². The van der Waals surface area contributed by atoms with Crippen molar-refractivity contribution in [1.82, 2.24) is 20.4 Å². The Morgan fingerprint density at radius 2 is 2.04 bits per heavy atom. The minimum absolute atomic E-state index is 0.247. The Hall–Kier alpha value is -2.73. The second-order valence-corrected chi connectivity index (χ2v) is 5.34. The lowest BCUT2D eigenvalue weighted by atomic mass is 10.2. The maximum Gasteiger partial charge on any atom is 0.257 e. The molecule has 0 aliphatic carbocycles. The fourth-order valence-corrected chi connectivity index (χ4v) is 2.09. The lowest BCUT2D eigenvalue weighted by Crippen LogP contribution is -2.27. The molecule has 0 fully saturated rings. The molecule has 2 heterocycles. The van der Waals surface area contributed by atoms with Crippen molar-refractivity contribution in [2.75, 3.05) is 0 Å². The fourth-order valence-electron chi connectivity index (χ4n) is 1.96. The van der Waals surface area contributed by atoms with E-state index < -0.39 is 6.04 Å². The molecule has 0 unspecified atom stereocenters. The van der Waals surface area contributed by atoms with E-state index in [1.165, 1.54) is 6.20 Å². The first-order valence-corrected chi connectivity index (χ1v) is 7.32. The number of halogens is 1. The summed E-state index contributed by atoms with van der Waals surface area (Å²) in [6.07, 6.45) is 3.11. The standard InChI is InChI=1S/C16H13ClN4O2/c1-10(19-15(22)12-3-2-8-18-9-12)14-20-16(23-21-14)11-4-6-13(17)7-5-11/h2-10H,1H3,(H,19,22)/t10-/m0/s1. The van der Waals surface area contributed by atoms with Crippen molar-refractivity contribution in [1.29, 1.82) is 0 Å². The summed E-state index contributed by atoms with van der Waals surface area (Å²) >= 11 is 5.85. The topological polar surface area (TPSA) is 80.9 Å². The van der Waals surface area contributed by atoms with Crippen LogP contribution in [-0.4, -0.2) is 21.0 Å². The quantitative estimate of drug-likeness (QED) is 0.795. The van der Waals surface area contributed by atoms with Crippen LogP contribution in [0.1, 0.15) is 29.1 Å². The van der Waals surface area contributed by atoms with E-state index in [0.717, 1.165) is 5.56 Å². The molecule has 0 aliphatic heterocycles. The Morgan fingerprint density at radius 3 is 2.74 bits per heavy atom. The molecule has 2 aromatic heterocycles. The highest BCUT2D eigenvalue weighted by Crippen LogP contribution is 2.21. The number of amides is 1. The van der Waals surface area contributed by atoms with E-state index >= 15 is 0 Å². The molecule has 0 radical (unpaired) electrons. The largest absolute Gasteiger partial charge is 0.342 e. The zero-order valence-corrected chi connectivity index (χ0v) is 13.0. The zero-order chi connectivity index (χ0) is 16.2. The van der Waals surface area contributed by atoms with Crippen molar-refractivity contribution in [3.8, 4) is 11.5 Å². The van der Waals surface area contributed by atoms with Crippen molar-refractivity contribution in [3.63, 3.8) is 0 Å². The van der Waals surface area contributed by atoms with Crippen LogP contribution < -0.4 is 5.32 Å². The molecule has 0 saturated carbocycles. The molecule has 7 heteroatoms. The third-order valence-electron chi connectivity index (χ3n) is 3.19. The number of rotatable bonds is 4. The van der Waals surface area contributed by atoms with Crippen molar-refractivity contribution in [2.45, 2.75) is 13.0 Å². The summed E-state index contributed by atoms with van der Waals surface area (Å²) in [6, 6.07) is 10.1. The molecule has 116 valence electrons. The van der Waals surface area contributed by atoms with Gasteiger partial charge in [0.1, 0.15) is 0 Å². The smallest absolute Gasteiger partial charge is 0.257 e. The van der Waals surface area contributed by atoms with E-state index in [2.05, 4.69) is 20.4 Å². The molecule has 3 rings (SSSR count). The normalized spacial score (nSPS) is 11.9. The van der Waals surface area contributed by atoms with Crippen molar-refractivity contribution in [2.24, 2.45) is 0 Å². The molecule has 1 N–H and O–H groups in total. The van der Waals surface area contributed by atoms with Crippen LogP contribution in [0.15, 0.2) is 53.3 Å². The molecule has 3 aromatic rings. The van der Waals surface area contributed by atoms with E-state index in [1.54, 1.807) is 49.5 Å². The number of carbonyl (C=O) groups is 1. The molecule has 0 saturated heterocycles. The van der Waals surface area contributed by atoms with Gasteiger partial charge < -0.3 is 9.84 Å². The van der Waals surface area contributed by atoms with Crippen LogP contribution in [0.5, 0.6) is 0 Å². The van der Waals surface area contributed by atoms with Gasteiger partial charge in [-0.15, -0.1) is 0 Å². The predicted molar refractivity (Wildman–Crippen MR) is 84.9 cm³/mol. The number of hydrogen-bond donors (Lipinski definition) is 1. The van der Waals surface area contributed by atoms with Gasteiger partial charge in [-0.2, -0.15) is 4.98 Å². The lowest BCUT2D eigenvalue weighted by Gasteiger charge is -2.09. The van der Waals surface area contributed by atoms with Crippen LogP contribution in [0.2, 0.25) is 5.02 Å². The van der Waals surface area contributed by atoms with Gasteiger partial charge in [0.05, 0.1) is 11.6 Å². The number of nitrogens with one attached hydrogen (secondary N) is 1. The second-order valence-electron chi connectivity index (χ2n) is 4.90. The molecule has 0 aliphatic rings. The summed E-state index contributed by atoms with van der Waals surface area (Å²) in [5.74, 6) is 0.523. The van der Waals surface area contributed by atoms with Crippen LogP contribution in [0.3, 0.4) is 0 Å². The third kappa shape index (κ3) is 3.54. The van der Waals surface area contributed by atoms with Gasteiger partial charge in [-0.3, -0.25) is 9.78 Å². The lowest BCUT2D eigenvalue weighted by molar-refractivity contribution is 0.0937. The highest BCUT2D eigenvalue weighted by molar-refractivity contribution is 6.30. The van der Waals surface area contributed by atoms with Gasteiger partial charge in [0.25, 0.3) is 11.8 Å². The van der Waals surface area contributed by atoms with Gasteiger partial charge in [-0.05, 0) is 43.3 Å². The van der Waals surface area contributed by atoms with Crippen LogP contribution in [0.25, 0.3) is 11.5 Å². The van der Waals surface area contributed by atoms with Gasteiger partial charge in [-0.25, -0.2) is 0 Å². The van der Waals surface area contributed by atoms with Crippen molar-refractivity contribution in [3.05, 3.63) is 65.2 Å². The van der Waals surface area contributed by atoms with E-state index in [1.807, 2.05) is 0 Å². The van der Waals surface area contributed by atoms with E-state index in [-0.39, 0.29) is 5.91 Å². The Bertz CT molecular complexity index is 802. The van der Waals surface area contributed by atoms with Crippen molar-refractivity contribution < 1.29 is 9.32 Å². The number of benzene rings is 1. The Morgan fingerprint density at radius 1 is 1.26 bits per heavy atom. The van der Waals surface area contributed by atoms with Crippen LogP contribution in [0.4, 0.5) is 0 Å². The first-order valence-electron chi connectivity index (χ1n) is 6.94. The first-order chi connectivity index (χ1) is 11.1. The minimum atomic E-state index is -0.396. The summed E-state index contributed by atoms with van der Waals surface area (Å²) in [6.45, 7) is 1.78. The van der Waals surface area contributed by atoms with E-state index in [4.69, 9.17) is 16.1 Å². The third-order valence-corrected chi connectivity index (χ3v) is 3.44. The SMILES string of the molecule is C[C@H](NC(=O)c1cccnc1)c1noc(-c2ccc(Cl)cc2)n1. The summed E-state index contributed by atoms with van der Waals surface area (Å²) in [7, 11) is 0. The van der Waals surface area contributed by atoms with Crippen LogP contribution >= 0.6 is 11.6 Å². The number of nitrogens with zero attached hydrogens (tertiary/aromatic N) is 3. The Balaban J connectivity index is 1.72. The molecule has 1 amide bonds. The predicted octanol–water partition coefficient (Wildman–Crippen LogP) is 3.28. The Labute approximate surface area is 137 Å². The number of carbonyl (C=O) groups excluding carboxylic acids is 1. The molecule has 0 spiro atoms. The van der Waals surface area contributed by atoms with Crippen molar-refractivity contribution >= 4 is 17.5 Å². The van der Waals surface area contributed by atoms with Gasteiger partial charge in [0, 0.05) is 23.0 Å². The molecule has 0 bridgehead atoms. The number of pyridine rings is 1. The molecule has 23 heavy (non-hydrogen) atoms. The van der Waals surface area contributed by atoms with E-state index in [9.17, 15) is 4.79 Å². The monoisotopic (exact) mass is 328 g/mol. The summed E-state index contributed by atoms with van der Waals surface area (Å²) in [5, 5.41) is 7.34. The molecule has 1 atom stereocenters. The summed E-state index contributed by atoms with van der Waals surface area (Å²) < 4.78 is 5.23. The molecule has 1 aromatic carbocycles. The van der Waals surface area contributed by atoms with Gasteiger partial charge in [0.15, 0.2) is 5.82 Å². The Kier molecular flexibility index (Phi) is 4.34. The zero-order valence-electron chi connectivity index (χ0n) is 12.2. The summed E-state index contributed by atoms with van der Waals surface area (Å²) in [4.78, 5) is 20.3. The van der Waals surface area contributed by atoms with Crippen LogP contribution in [0, 0.1) is 0 Å². The highest BCUT2D eigenvalue weighted by atomic mass is 35.5. The second kappa shape index (κ2) is 6.58. The minimum Gasteiger partial charge on any atom is -0.342 e. The highest BCUT2D eigenvalue weighted by Gasteiger charge is 2.17. The molecular weight excluding hydrogens is 316 g/mol. The molecular formula is C16H13ClN4O2. The fraction of sp³-hybridized carbons (Fsp3) is 0.125. The van der Waals surface area contributed by atoms with E-state index in [0.29, 0.717) is 22.3 Å². The number of hydrogen-bond acceptors (Lipinski definition) is 5. The maximum atomic E-state index is 12.1. The first kappa shape index (κ1) is 15.2. The van der Waals surface area contributed by atoms with Gasteiger partial charge in [-0.1, -0.05) is 16.8 Å². The van der Waals surface area contributed by atoms with Crippen LogP contribution in [-0.2, 0) is 0 Å². The average molecular weight is 329 g/mol. The number of aromatic nitrogens is 3. The summed E-state index contributed by atoms with van der Waals surface area (Å²) in [5.41, 5.74) is 1.24.